The number of hydrogen-bond donors (Lipinski definition) is 2. The Morgan fingerprint density at radius 1 is 1.58 bits per heavy atom. The fourth-order valence-electron chi connectivity index (χ4n) is 1.26. The Kier molecular flexibility index (Phi) is 5.91. The van der Waals surface area contributed by atoms with Crippen LogP contribution in [0.3, 0.4) is 0 Å². The summed E-state index contributed by atoms with van der Waals surface area (Å²) < 4.78 is 0. The van der Waals surface area contributed by atoms with Gasteiger partial charge in [0.05, 0.1) is 0 Å². The first-order valence-corrected chi connectivity index (χ1v) is 6.37. The third-order valence-corrected chi connectivity index (χ3v) is 2.81. The molecule has 5 heteroatoms. The number of rotatable bonds is 5. The van der Waals surface area contributed by atoms with E-state index in [2.05, 4.69) is 10.6 Å². The molecule has 2 N–H and O–H groups in total. The van der Waals surface area contributed by atoms with Crippen LogP contribution >= 0.6 is 11.6 Å². The lowest BCUT2D eigenvalue weighted by atomic mass is 10.2. The molecule has 0 saturated heterocycles. The first-order chi connectivity index (χ1) is 9.06. The van der Waals surface area contributed by atoms with E-state index >= 15 is 0 Å². The van der Waals surface area contributed by atoms with Gasteiger partial charge in [0.1, 0.15) is 11.6 Å². The molecule has 0 radical (unpaired) electrons. The van der Waals surface area contributed by atoms with Crippen molar-refractivity contribution in [1.29, 1.82) is 5.26 Å². The topological polar surface area (TPSA) is 64.9 Å². The highest BCUT2D eigenvalue weighted by Gasteiger charge is 2.09. The maximum Gasteiger partial charge on any atom is 0.267 e. The molecule has 1 aromatic carbocycles. The number of hydrogen-bond acceptors (Lipinski definition) is 3. The van der Waals surface area contributed by atoms with Crippen LogP contribution < -0.4 is 10.6 Å². The molecule has 0 aliphatic heterocycles. The third kappa shape index (κ3) is 5.02. The van der Waals surface area contributed by atoms with E-state index in [0.29, 0.717) is 10.7 Å². The van der Waals surface area contributed by atoms with Gasteiger partial charge in [0, 0.05) is 23.0 Å². The van der Waals surface area contributed by atoms with Crippen molar-refractivity contribution < 1.29 is 4.79 Å². The van der Waals surface area contributed by atoms with Gasteiger partial charge in [-0.3, -0.25) is 4.79 Å². The number of nitriles is 1. The molecular weight excluding hydrogens is 262 g/mol. The summed E-state index contributed by atoms with van der Waals surface area (Å²) in [5.74, 6) is -0.458. The summed E-state index contributed by atoms with van der Waals surface area (Å²) in [6.07, 6.45) is 2.35. The van der Waals surface area contributed by atoms with E-state index in [9.17, 15) is 4.79 Å². The highest BCUT2D eigenvalue weighted by Crippen LogP contribution is 2.15. The predicted octanol–water partition coefficient (Wildman–Crippen LogP) is 3.07. The molecule has 0 aliphatic rings. The van der Waals surface area contributed by atoms with Gasteiger partial charge in [-0.2, -0.15) is 5.26 Å². The van der Waals surface area contributed by atoms with Gasteiger partial charge in [0.15, 0.2) is 0 Å². The molecule has 0 fully saturated rings. The number of carbonyl (C=O) groups excluding carboxylic acids is 1. The van der Waals surface area contributed by atoms with Crippen LogP contribution in [0.2, 0.25) is 5.02 Å². The van der Waals surface area contributed by atoms with Crippen molar-refractivity contribution in [1.82, 2.24) is 5.32 Å². The quantitative estimate of drug-likeness (QED) is 0.642. The number of amides is 1. The van der Waals surface area contributed by atoms with Crippen molar-refractivity contribution in [2.45, 2.75) is 26.3 Å². The van der Waals surface area contributed by atoms with Crippen LogP contribution in [0.15, 0.2) is 36.0 Å². The van der Waals surface area contributed by atoms with Crippen LogP contribution in [0.5, 0.6) is 0 Å². The molecule has 0 saturated carbocycles. The van der Waals surface area contributed by atoms with Gasteiger partial charge >= 0.3 is 0 Å². The largest absolute Gasteiger partial charge is 0.387 e. The first-order valence-electron chi connectivity index (χ1n) is 6.00. The Morgan fingerprint density at radius 3 is 2.89 bits per heavy atom. The number of nitrogens with zero attached hydrogens (tertiary/aromatic N) is 1. The van der Waals surface area contributed by atoms with Gasteiger partial charge in [-0.1, -0.05) is 24.6 Å². The number of nitrogens with one attached hydrogen (secondary N) is 2. The maximum atomic E-state index is 11.9. The van der Waals surface area contributed by atoms with E-state index in [-0.39, 0.29) is 11.6 Å². The molecule has 19 heavy (non-hydrogen) atoms. The SMILES string of the molecule is CCC(C)N/C=C(/C#N)C(=O)Nc1cccc(Cl)c1. The van der Waals surface area contributed by atoms with Crippen molar-refractivity contribution >= 4 is 23.2 Å². The van der Waals surface area contributed by atoms with Gasteiger partial charge in [-0.15, -0.1) is 0 Å². The molecule has 0 aromatic heterocycles. The second-order valence-corrected chi connectivity index (χ2v) is 4.55. The predicted molar refractivity (Wildman–Crippen MR) is 76.7 cm³/mol. The van der Waals surface area contributed by atoms with Gasteiger partial charge < -0.3 is 10.6 Å². The van der Waals surface area contributed by atoms with E-state index < -0.39 is 5.91 Å². The van der Waals surface area contributed by atoms with Gasteiger partial charge in [0.2, 0.25) is 0 Å². The fraction of sp³-hybridized carbons (Fsp3) is 0.286. The molecule has 4 nitrogen and oxygen atoms in total. The average molecular weight is 278 g/mol. The lowest BCUT2D eigenvalue weighted by Crippen LogP contribution is -2.22. The Morgan fingerprint density at radius 2 is 2.32 bits per heavy atom. The molecule has 1 aromatic rings. The number of halogens is 1. The molecule has 1 rings (SSSR count). The van der Waals surface area contributed by atoms with E-state index in [1.807, 2.05) is 19.9 Å². The Balaban J connectivity index is 2.72. The van der Waals surface area contributed by atoms with Crippen LogP contribution in [0.25, 0.3) is 0 Å². The zero-order valence-corrected chi connectivity index (χ0v) is 11.7. The van der Waals surface area contributed by atoms with E-state index in [1.54, 1.807) is 24.3 Å². The Hall–Kier alpha value is -1.99. The van der Waals surface area contributed by atoms with Crippen molar-refractivity contribution in [3.63, 3.8) is 0 Å². The first kappa shape index (κ1) is 15.1. The lowest BCUT2D eigenvalue weighted by Gasteiger charge is -2.09. The summed E-state index contributed by atoms with van der Waals surface area (Å²) in [7, 11) is 0. The average Bonchev–Trinajstić information content (AvgIpc) is 2.39. The molecule has 0 aliphatic carbocycles. The van der Waals surface area contributed by atoms with E-state index in [1.165, 1.54) is 6.20 Å². The summed E-state index contributed by atoms with van der Waals surface area (Å²) in [5, 5.41) is 15.1. The molecule has 1 amide bonds. The minimum absolute atomic E-state index is 0.0280. The summed E-state index contributed by atoms with van der Waals surface area (Å²) in [6, 6.07) is 8.85. The molecule has 0 spiro atoms. The zero-order chi connectivity index (χ0) is 14.3. The van der Waals surface area contributed by atoms with Crippen LogP contribution in [-0.2, 0) is 4.79 Å². The van der Waals surface area contributed by atoms with E-state index in [0.717, 1.165) is 6.42 Å². The van der Waals surface area contributed by atoms with E-state index in [4.69, 9.17) is 16.9 Å². The van der Waals surface area contributed by atoms with Crippen LogP contribution in [0.4, 0.5) is 5.69 Å². The monoisotopic (exact) mass is 277 g/mol. The fourth-order valence-corrected chi connectivity index (χ4v) is 1.45. The highest BCUT2D eigenvalue weighted by atomic mass is 35.5. The summed E-state index contributed by atoms with van der Waals surface area (Å²) in [5.41, 5.74) is 0.586. The molecule has 0 heterocycles. The number of carbonyl (C=O) groups is 1. The van der Waals surface area contributed by atoms with Crippen LogP contribution in [0, 0.1) is 11.3 Å². The standard InChI is InChI=1S/C14H16ClN3O/c1-3-10(2)17-9-11(8-16)14(19)18-13-6-4-5-12(15)7-13/h4-7,9-10,17H,3H2,1-2H3,(H,18,19)/b11-9-. The molecular formula is C14H16ClN3O. The van der Waals surface area contributed by atoms with Crippen molar-refractivity contribution in [3.8, 4) is 6.07 Å². The van der Waals surface area contributed by atoms with Gasteiger partial charge in [-0.05, 0) is 31.5 Å². The van der Waals surface area contributed by atoms with Gasteiger partial charge in [0.25, 0.3) is 5.91 Å². The summed E-state index contributed by atoms with van der Waals surface area (Å²) in [6.45, 7) is 3.99. The minimum atomic E-state index is -0.458. The number of anilines is 1. The van der Waals surface area contributed by atoms with Gasteiger partial charge in [-0.25, -0.2) is 0 Å². The third-order valence-electron chi connectivity index (χ3n) is 2.57. The molecule has 1 atom stereocenters. The zero-order valence-electron chi connectivity index (χ0n) is 10.9. The van der Waals surface area contributed by atoms with Crippen molar-refractivity contribution in [3.05, 3.63) is 41.1 Å². The number of benzene rings is 1. The van der Waals surface area contributed by atoms with Crippen molar-refractivity contribution in [2.75, 3.05) is 5.32 Å². The van der Waals surface area contributed by atoms with Crippen LogP contribution in [0.1, 0.15) is 20.3 Å². The second kappa shape index (κ2) is 7.45. The lowest BCUT2D eigenvalue weighted by molar-refractivity contribution is -0.112. The smallest absolute Gasteiger partial charge is 0.267 e. The molecule has 0 bridgehead atoms. The normalized spacial score (nSPS) is 12.4. The Bertz CT molecular complexity index is 520. The maximum absolute atomic E-state index is 11.9. The Labute approximate surface area is 118 Å². The highest BCUT2D eigenvalue weighted by molar-refractivity contribution is 6.31. The van der Waals surface area contributed by atoms with Crippen LogP contribution in [-0.4, -0.2) is 11.9 Å². The summed E-state index contributed by atoms with van der Waals surface area (Å²) >= 11 is 5.82. The second-order valence-electron chi connectivity index (χ2n) is 4.11. The minimum Gasteiger partial charge on any atom is -0.387 e. The molecule has 1 unspecified atom stereocenters. The summed E-state index contributed by atoms with van der Waals surface area (Å²) in [4.78, 5) is 11.9. The van der Waals surface area contributed by atoms with Crippen molar-refractivity contribution in [2.24, 2.45) is 0 Å². The molecule has 100 valence electrons.